The van der Waals surface area contributed by atoms with Gasteiger partial charge in [0.2, 0.25) is 5.91 Å². The van der Waals surface area contributed by atoms with E-state index in [0.29, 0.717) is 5.92 Å². The quantitative estimate of drug-likeness (QED) is 0.603. The SMILES string of the molecule is CN=C(NCC1CCc2nnc(C)n2C1)N1CCN(C(C)=O)CC1. The summed E-state index contributed by atoms with van der Waals surface area (Å²) in [6.45, 7) is 8.71. The molecule has 1 saturated heterocycles. The third kappa shape index (κ3) is 3.52. The Balaban J connectivity index is 1.51. The fourth-order valence-electron chi connectivity index (χ4n) is 3.50. The van der Waals surface area contributed by atoms with Crippen LogP contribution in [0.15, 0.2) is 4.99 Å². The van der Waals surface area contributed by atoms with Crippen molar-refractivity contribution in [3.63, 3.8) is 0 Å². The first-order valence-corrected chi connectivity index (χ1v) is 8.68. The summed E-state index contributed by atoms with van der Waals surface area (Å²) >= 11 is 0. The molecule has 0 aliphatic carbocycles. The van der Waals surface area contributed by atoms with E-state index in [0.717, 1.165) is 69.7 Å². The standard InChI is InChI=1S/C16H27N7O/c1-12-19-20-15-5-4-14(11-23(12)15)10-18-16(17-3)22-8-6-21(7-9-22)13(2)24/h14H,4-11H2,1-3H3,(H,17,18). The van der Waals surface area contributed by atoms with Crippen LogP contribution in [0.2, 0.25) is 0 Å². The van der Waals surface area contributed by atoms with Gasteiger partial charge < -0.3 is 19.7 Å². The molecule has 1 atom stereocenters. The zero-order valence-electron chi connectivity index (χ0n) is 14.8. The van der Waals surface area contributed by atoms with Crippen molar-refractivity contribution in [3.8, 4) is 0 Å². The molecule has 1 N–H and O–H groups in total. The van der Waals surface area contributed by atoms with E-state index in [2.05, 4.69) is 30.0 Å². The highest BCUT2D eigenvalue weighted by molar-refractivity contribution is 5.80. The number of fused-ring (bicyclic) bond motifs is 1. The predicted octanol–water partition coefficient (Wildman–Crippen LogP) is -0.112. The lowest BCUT2D eigenvalue weighted by atomic mass is 9.99. The Bertz CT molecular complexity index is 616. The molecule has 0 saturated carbocycles. The van der Waals surface area contributed by atoms with Crippen molar-refractivity contribution in [3.05, 3.63) is 11.6 Å². The van der Waals surface area contributed by atoms with Gasteiger partial charge >= 0.3 is 0 Å². The van der Waals surface area contributed by atoms with Crippen LogP contribution in [0.5, 0.6) is 0 Å². The molecule has 3 heterocycles. The Kier molecular flexibility index (Phi) is 5.01. The first kappa shape index (κ1) is 16.7. The smallest absolute Gasteiger partial charge is 0.219 e. The number of nitrogens with zero attached hydrogens (tertiary/aromatic N) is 6. The number of rotatable bonds is 2. The normalized spacial score (nSPS) is 21.6. The van der Waals surface area contributed by atoms with E-state index in [1.54, 1.807) is 6.92 Å². The summed E-state index contributed by atoms with van der Waals surface area (Å²) in [5.74, 6) is 3.75. The van der Waals surface area contributed by atoms with Crippen LogP contribution in [0.25, 0.3) is 0 Å². The zero-order chi connectivity index (χ0) is 17.1. The lowest BCUT2D eigenvalue weighted by molar-refractivity contribution is -0.130. The summed E-state index contributed by atoms with van der Waals surface area (Å²) in [5.41, 5.74) is 0. The summed E-state index contributed by atoms with van der Waals surface area (Å²) in [7, 11) is 1.82. The molecule has 8 nitrogen and oxygen atoms in total. The third-order valence-corrected chi connectivity index (χ3v) is 5.01. The zero-order valence-corrected chi connectivity index (χ0v) is 14.8. The third-order valence-electron chi connectivity index (χ3n) is 5.01. The van der Waals surface area contributed by atoms with E-state index in [-0.39, 0.29) is 5.91 Å². The number of nitrogens with one attached hydrogen (secondary N) is 1. The van der Waals surface area contributed by atoms with Crippen LogP contribution < -0.4 is 5.32 Å². The number of aliphatic imine (C=N–C) groups is 1. The fraction of sp³-hybridized carbons (Fsp3) is 0.750. The van der Waals surface area contributed by atoms with Gasteiger partial charge in [-0.3, -0.25) is 9.79 Å². The van der Waals surface area contributed by atoms with Crippen LogP contribution in [0.1, 0.15) is 25.0 Å². The van der Waals surface area contributed by atoms with Gasteiger partial charge in [0.1, 0.15) is 11.6 Å². The second-order valence-electron chi connectivity index (χ2n) is 6.60. The molecule has 0 radical (unpaired) electrons. The van der Waals surface area contributed by atoms with Crippen LogP contribution in [0.4, 0.5) is 0 Å². The van der Waals surface area contributed by atoms with Crippen molar-refractivity contribution < 1.29 is 4.79 Å². The van der Waals surface area contributed by atoms with E-state index in [4.69, 9.17) is 0 Å². The maximum atomic E-state index is 11.4. The molecule has 1 fully saturated rings. The Morgan fingerprint density at radius 2 is 1.96 bits per heavy atom. The van der Waals surface area contributed by atoms with E-state index in [1.807, 2.05) is 18.9 Å². The summed E-state index contributed by atoms with van der Waals surface area (Å²) in [4.78, 5) is 20.0. The molecule has 1 aromatic rings. The molecule has 2 aliphatic rings. The topological polar surface area (TPSA) is 78.7 Å². The van der Waals surface area contributed by atoms with Gasteiger partial charge in [0.15, 0.2) is 5.96 Å². The number of aryl methyl sites for hydroxylation is 2. The summed E-state index contributed by atoms with van der Waals surface area (Å²) in [6.07, 6.45) is 2.11. The van der Waals surface area contributed by atoms with Gasteiger partial charge in [-0.25, -0.2) is 0 Å². The molecule has 1 unspecified atom stereocenters. The molecule has 132 valence electrons. The van der Waals surface area contributed by atoms with Crippen molar-refractivity contribution in [2.45, 2.75) is 33.2 Å². The minimum atomic E-state index is 0.153. The van der Waals surface area contributed by atoms with E-state index < -0.39 is 0 Å². The minimum Gasteiger partial charge on any atom is -0.356 e. The van der Waals surface area contributed by atoms with Gasteiger partial charge in [-0.1, -0.05) is 0 Å². The first-order valence-electron chi connectivity index (χ1n) is 8.68. The average molecular weight is 333 g/mol. The molecule has 3 rings (SSSR count). The van der Waals surface area contributed by atoms with Crippen LogP contribution in [0.3, 0.4) is 0 Å². The Hall–Kier alpha value is -2.12. The first-order chi connectivity index (χ1) is 11.6. The summed E-state index contributed by atoms with van der Waals surface area (Å²) < 4.78 is 2.23. The van der Waals surface area contributed by atoms with E-state index in [1.165, 1.54) is 0 Å². The van der Waals surface area contributed by atoms with Crippen molar-refractivity contribution in [1.82, 2.24) is 29.9 Å². The molecular formula is C16H27N7O. The lowest BCUT2D eigenvalue weighted by Gasteiger charge is -2.36. The number of hydrogen-bond acceptors (Lipinski definition) is 4. The van der Waals surface area contributed by atoms with Gasteiger partial charge in [0.05, 0.1) is 0 Å². The second kappa shape index (κ2) is 7.19. The molecule has 1 aromatic heterocycles. The van der Waals surface area contributed by atoms with Crippen LogP contribution in [0, 0.1) is 12.8 Å². The Labute approximate surface area is 142 Å². The number of hydrogen-bond donors (Lipinski definition) is 1. The van der Waals surface area contributed by atoms with Gasteiger partial charge in [0.25, 0.3) is 0 Å². The molecule has 1 amide bonds. The summed E-state index contributed by atoms with van der Waals surface area (Å²) in [6, 6.07) is 0. The highest BCUT2D eigenvalue weighted by atomic mass is 16.2. The summed E-state index contributed by atoms with van der Waals surface area (Å²) in [5, 5.41) is 11.9. The van der Waals surface area contributed by atoms with Crippen molar-refractivity contribution in [2.24, 2.45) is 10.9 Å². The molecule has 0 bridgehead atoms. The van der Waals surface area contributed by atoms with E-state index in [9.17, 15) is 4.79 Å². The predicted molar refractivity (Wildman–Crippen MR) is 91.8 cm³/mol. The van der Waals surface area contributed by atoms with E-state index >= 15 is 0 Å². The lowest BCUT2D eigenvalue weighted by Crippen LogP contribution is -2.54. The van der Waals surface area contributed by atoms with Crippen molar-refractivity contribution >= 4 is 11.9 Å². The molecular weight excluding hydrogens is 306 g/mol. The molecule has 8 heteroatoms. The monoisotopic (exact) mass is 333 g/mol. The van der Waals surface area contributed by atoms with Crippen LogP contribution >= 0.6 is 0 Å². The minimum absolute atomic E-state index is 0.153. The number of guanidine groups is 1. The molecule has 0 spiro atoms. The number of aromatic nitrogens is 3. The molecule has 0 aromatic carbocycles. The average Bonchev–Trinajstić information content (AvgIpc) is 2.96. The number of piperazine rings is 1. The fourth-order valence-corrected chi connectivity index (χ4v) is 3.50. The number of carbonyl (C=O) groups is 1. The van der Waals surface area contributed by atoms with Gasteiger partial charge in [-0.05, 0) is 19.3 Å². The number of amides is 1. The van der Waals surface area contributed by atoms with Gasteiger partial charge in [-0.2, -0.15) is 0 Å². The van der Waals surface area contributed by atoms with Crippen LogP contribution in [-0.2, 0) is 17.8 Å². The maximum Gasteiger partial charge on any atom is 0.219 e. The van der Waals surface area contributed by atoms with Crippen molar-refractivity contribution in [1.29, 1.82) is 0 Å². The maximum absolute atomic E-state index is 11.4. The molecule has 2 aliphatic heterocycles. The Morgan fingerprint density at radius 3 is 2.62 bits per heavy atom. The molecule has 24 heavy (non-hydrogen) atoms. The largest absolute Gasteiger partial charge is 0.356 e. The number of carbonyl (C=O) groups excluding carboxylic acids is 1. The van der Waals surface area contributed by atoms with Gasteiger partial charge in [-0.15, -0.1) is 10.2 Å². The van der Waals surface area contributed by atoms with Gasteiger partial charge in [0, 0.05) is 59.7 Å². The van der Waals surface area contributed by atoms with Crippen molar-refractivity contribution in [2.75, 3.05) is 39.8 Å². The highest BCUT2D eigenvalue weighted by Gasteiger charge is 2.24. The highest BCUT2D eigenvalue weighted by Crippen LogP contribution is 2.19. The second-order valence-corrected chi connectivity index (χ2v) is 6.60. The Morgan fingerprint density at radius 1 is 1.25 bits per heavy atom. The van der Waals surface area contributed by atoms with Crippen LogP contribution in [-0.4, -0.2) is 76.2 Å².